The van der Waals surface area contributed by atoms with E-state index in [1.165, 1.54) is 19.2 Å². The Balaban J connectivity index is 1.83. The Kier molecular flexibility index (Phi) is 6.56. The summed E-state index contributed by atoms with van der Waals surface area (Å²) in [6, 6.07) is 13.6. The molecular weight excluding hydrogens is 317 g/mol. The summed E-state index contributed by atoms with van der Waals surface area (Å²) in [6.07, 6.45) is 0.602. The normalized spacial score (nSPS) is 12.0. The van der Waals surface area contributed by atoms with Crippen LogP contribution in [0.15, 0.2) is 48.5 Å². The van der Waals surface area contributed by atoms with Gasteiger partial charge in [0.1, 0.15) is 5.82 Å². The molecule has 0 bridgehead atoms. The number of benzene rings is 2. The number of aryl methyl sites for hydroxylation is 1. The van der Waals surface area contributed by atoms with Crippen LogP contribution in [0.25, 0.3) is 0 Å². The number of ether oxygens (including phenoxy) is 1. The molecule has 1 atom stereocenters. The van der Waals surface area contributed by atoms with Crippen LogP contribution in [0, 0.1) is 5.82 Å². The first kappa shape index (κ1) is 17.4. The molecule has 122 valence electrons. The van der Waals surface area contributed by atoms with Gasteiger partial charge in [-0.3, -0.25) is 4.79 Å². The van der Waals surface area contributed by atoms with Crippen molar-refractivity contribution >= 4 is 17.5 Å². The number of carbonyl (C=O) groups is 1. The second kappa shape index (κ2) is 8.65. The summed E-state index contributed by atoms with van der Waals surface area (Å²) >= 11 is 5.91. The summed E-state index contributed by atoms with van der Waals surface area (Å²) in [4.78, 5) is 11.9. The Labute approximate surface area is 140 Å². The molecule has 1 amide bonds. The van der Waals surface area contributed by atoms with Crippen LogP contribution in [0.2, 0.25) is 5.02 Å². The number of halogens is 2. The molecule has 3 nitrogen and oxygen atoms in total. The van der Waals surface area contributed by atoms with Crippen LogP contribution in [-0.2, 0) is 16.0 Å². The number of hydrogen-bond acceptors (Lipinski definition) is 2. The molecule has 2 rings (SSSR count). The Bertz CT molecular complexity index is 663. The average Bonchev–Trinajstić information content (AvgIpc) is 2.54. The summed E-state index contributed by atoms with van der Waals surface area (Å²) in [5, 5.41) is 3.48. The lowest BCUT2D eigenvalue weighted by molar-refractivity contribution is -0.121. The molecule has 0 aliphatic rings. The Morgan fingerprint density at radius 2 is 2.04 bits per heavy atom. The number of carbonyl (C=O) groups excluding carboxylic acids is 1. The molecule has 0 aliphatic heterocycles. The average molecular weight is 336 g/mol. The highest BCUT2D eigenvalue weighted by molar-refractivity contribution is 6.30. The van der Waals surface area contributed by atoms with Gasteiger partial charge in [-0.25, -0.2) is 4.39 Å². The van der Waals surface area contributed by atoms with Crippen LogP contribution in [0.4, 0.5) is 4.39 Å². The number of nitrogens with one attached hydrogen (secondary N) is 1. The lowest BCUT2D eigenvalue weighted by atomic mass is 10.1. The van der Waals surface area contributed by atoms with Crippen molar-refractivity contribution in [3.05, 3.63) is 70.5 Å². The SMILES string of the molecule is CO[C@H](CNC(=O)CCc1cccc(Cl)c1)c1cccc(F)c1. The van der Waals surface area contributed by atoms with Gasteiger partial charge in [-0.2, -0.15) is 0 Å². The number of methoxy groups -OCH3 is 1. The summed E-state index contributed by atoms with van der Waals surface area (Å²) in [5.74, 6) is -0.403. The Morgan fingerprint density at radius 1 is 1.26 bits per heavy atom. The molecule has 1 N–H and O–H groups in total. The number of hydrogen-bond donors (Lipinski definition) is 1. The van der Waals surface area contributed by atoms with Gasteiger partial charge in [-0.05, 0) is 41.8 Å². The Morgan fingerprint density at radius 3 is 2.74 bits per heavy atom. The maximum Gasteiger partial charge on any atom is 0.220 e. The molecule has 0 radical (unpaired) electrons. The van der Waals surface area contributed by atoms with Crippen molar-refractivity contribution in [3.63, 3.8) is 0 Å². The van der Waals surface area contributed by atoms with Crippen LogP contribution in [0.1, 0.15) is 23.7 Å². The monoisotopic (exact) mass is 335 g/mol. The van der Waals surface area contributed by atoms with Gasteiger partial charge < -0.3 is 10.1 Å². The van der Waals surface area contributed by atoms with Crippen molar-refractivity contribution in [2.75, 3.05) is 13.7 Å². The van der Waals surface area contributed by atoms with Gasteiger partial charge in [0.25, 0.3) is 0 Å². The third kappa shape index (κ3) is 5.66. The highest BCUT2D eigenvalue weighted by Gasteiger charge is 2.12. The minimum atomic E-state index is -0.374. The number of amides is 1. The smallest absolute Gasteiger partial charge is 0.220 e. The maximum absolute atomic E-state index is 13.3. The van der Waals surface area contributed by atoms with Gasteiger partial charge in [-0.15, -0.1) is 0 Å². The van der Waals surface area contributed by atoms with E-state index in [0.717, 1.165) is 5.56 Å². The van der Waals surface area contributed by atoms with E-state index in [2.05, 4.69) is 5.32 Å². The quantitative estimate of drug-likeness (QED) is 0.833. The largest absolute Gasteiger partial charge is 0.375 e. The molecule has 5 heteroatoms. The summed E-state index contributed by atoms with van der Waals surface area (Å²) in [7, 11) is 1.54. The third-order valence-corrected chi connectivity index (χ3v) is 3.75. The molecule has 0 unspecified atom stereocenters. The first-order valence-electron chi connectivity index (χ1n) is 7.38. The van der Waals surface area contributed by atoms with Crippen LogP contribution < -0.4 is 5.32 Å². The lowest BCUT2D eigenvalue weighted by Gasteiger charge is -2.16. The topological polar surface area (TPSA) is 38.3 Å². The zero-order valence-corrected chi connectivity index (χ0v) is 13.6. The van der Waals surface area contributed by atoms with Crippen molar-refractivity contribution in [1.29, 1.82) is 0 Å². The summed E-state index contributed by atoms with van der Waals surface area (Å²) < 4.78 is 18.6. The molecule has 23 heavy (non-hydrogen) atoms. The van der Waals surface area contributed by atoms with Crippen molar-refractivity contribution in [2.24, 2.45) is 0 Å². The summed E-state index contributed by atoms with van der Waals surface area (Å²) in [5.41, 5.74) is 1.71. The van der Waals surface area contributed by atoms with Crippen molar-refractivity contribution in [2.45, 2.75) is 18.9 Å². The molecule has 2 aromatic rings. The molecule has 0 fully saturated rings. The van der Waals surface area contributed by atoms with E-state index in [0.29, 0.717) is 30.0 Å². The standard InChI is InChI=1S/C18H19ClFNO2/c1-23-17(14-5-3-7-16(20)11-14)12-21-18(22)9-8-13-4-2-6-15(19)10-13/h2-7,10-11,17H,8-9,12H2,1H3,(H,21,22)/t17-/m1/s1. The molecule has 2 aromatic carbocycles. The predicted molar refractivity (Wildman–Crippen MR) is 88.9 cm³/mol. The second-order valence-corrected chi connectivity index (χ2v) is 5.65. The highest BCUT2D eigenvalue weighted by atomic mass is 35.5. The van der Waals surface area contributed by atoms with E-state index in [1.807, 2.05) is 18.2 Å². The van der Waals surface area contributed by atoms with Gasteiger partial charge in [0.2, 0.25) is 5.91 Å². The fraction of sp³-hybridized carbons (Fsp3) is 0.278. The Hall–Kier alpha value is -1.91. The van der Waals surface area contributed by atoms with Gasteiger partial charge in [0.05, 0.1) is 6.10 Å². The van der Waals surface area contributed by atoms with E-state index in [4.69, 9.17) is 16.3 Å². The van der Waals surface area contributed by atoms with E-state index in [-0.39, 0.29) is 17.8 Å². The number of rotatable bonds is 7. The van der Waals surface area contributed by atoms with Crippen molar-refractivity contribution in [1.82, 2.24) is 5.32 Å². The summed E-state index contributed by atoms with van der Waals surface area (Å²) in [6.45, 7) is 0.300. The van der Waals surface area contributed by atoms with E-state index in [1.54, 1.807) is 18.2 Å². The van der Waals surface area contributed by atoms with Gasteiger partial charge in [-0.1, -0.05) is 35.9 Å². The predicted octanol–water partition coefficient (Wildman–Crippen LogP) is 3.92. The first-order valence-corrected chi connectivity index (χ1v) is 7.75. The van der Waals surface area contributed by atoms with Gasteiger partial charge in [0, 0.05) is 25.1 Å². The van der Waals surface area contributed by atoms with E-state index in [9.17, 15) is 9.18 Å². The molecule has 0 heterocycles. The fourth-order valence-corrected chi connectivity index (χ4v) is 2.50. The molecule has 0 spiro atoms. The van der Waals surface area contributed by atoms with Gasteiger partial charge in [0.15, 0.2) is 0 Å². The zero-order chi connectivity index (χ0) is 16.7. The van der Waals surface area contributed by atoms with Crippen LogP contribution in [0.3, 0.4) is 0 Å². The zero-order valence-electron chi connectivity index (χ0n) is 12.9. The molecule has 0 saturated heterocycles. The molecular formula is C18H19ClFNO2. The van der Waals surface area contributed by atoms with Crippen LogP contribution in [0.5, 0.6) is 0 Å². The second-order valence-electron chi connectivity index (χ2n) is 5.21. The van der Waals surface area contributed by atoms with Crippen molar-refractivity contribution in [3.8, 4) is 0 Å². The van der Waals surface area contributed by atoms with Crippen LogP contribution in [-0.4, -0.2) is 19.6 Å². The first-order chi connectivity index (χ1) is 11.1. The van der Waals surface area contributed by atoms with Crippen molar-refractivity contribution < 1.29 is 13.9 Å². The minimum Gasteiger partial charge on any atom is -0.375 e. The highest BCUT2D eigenvalue weighted by Crippen LogP contribution is 2.17. The molecule has 0 aromatic heterocycles. The maximum atomic E-state index is 13.3. The molecule has 0 aliphatic carbocycles. The van der Waals surface area contributed by atoms with E-state index < -0.39 is 0 Å². The van der Waals surface area contributed by atoms with Crippen LogP contribution >= 0.6 is 11.6 Å². The van der Waals surface area contributed by atoms with E-state index >= 15 is 0 Å². The minimum absolute atomic E-state index is 0.0802. The van der Waals surface area contributed by atoms with Gasteiger partial charge >= 0.3 is 0 Å². The third-order valence-electron chi connectivity index (χ3n) is 3.52. The fourth-order valence-electron chi connectivity index (χ4n) is 2.29. The molecule has 0 saturated carbocycles. The lowest BCUT2D eigenvalue weighted by Crippen LogP contribution is -2.29.